The third-order valence-electron chi connectivity index (χ3n) is 4.99. The Morgan fingerprint density at radius 2 is 1.63 bits per heavy atom. The SMILES string of the molecule is Cc1ccc(NC(=O)c2cc3cc(Br)ccc3n2NC(=O)C(=O)Nc2cccc(Cl)c2Cl)c(Br)c1. The molecule has 0 aliphatic rings. The number of halogens is 4. The van der Waals surface area contributed by atoms with Gasteiger partial charge >= 0.3 is 11.8 Å². The summed E-state index contributed by atoms with van der Waals surface area (Å²) in [5.41, 5.74) is 4.89. The molecular formula is C24H16Br2Cl2N4O3. The molecule has 35 heavy (non-hydrogen) atoms. The lowest BCUT2D eigenvalue weighted by Gasteiger charge is -2.14. The number of anilines is 2. The zero-order valence-electron chi connectivity index (χ0n) is 18.0. The number of nitrogens with one attached hydrogen (secondary N) is 3. The van der Waals surface area contributed by atoms with Crippen LogP contribution in [0.2, 0.25) is 10.0 Å². The largest absolute Gasteiger partial charge is 0.328 e. The monoisotopic (exact) mass is 636 g/mol. The zero-order valence-corrected chi connectivity index (χ0v) is 22.6. The molecule has 0 radical (unpaired) electrons. The summed E-state index contributed by atoms with van der Waals surface area (Å²) in [6.45, 7) is 1.93. The van der Waals surface area contributed by atoms with E-state index < -0.39 is 17.7 Å². The third kappa shape index (κ3) is 5.54. The summed E-state index contributed by atoms with van der Waals surface area (Å²) in [4.78, 5) is 38.6. The van der Waals surface area contributed by atoms with Crippen molar-refractivity contribution in [3.63, 3.8) is 0 Å². The quantitative estimate of drug-likeness (QED) is 0.216. The Kier molecular flexibility index (Phi) is 7.51. The molecule has 1 heterocycles. The molecule has 0 atom stereocenters. The van der Waals surface area contributed by atoms with Crippen molar-refractivity contribution in [2.45, 2.75) is 6.92 Å². The zero-order chi connectivity index (χ0) is 25.3. The normalized spacial score (nSPS) is 10.8. The summed E-state index contributed by atoms with van der Waals surface area (Å²) in [6.07, 6.45) is 0. The minimum absolute atomic E-state index is 0.107. The molecule has 1 aromatic heterocycles. The lowest BCUT2D eigenvalue weighted by molar-refractivity contribution is -0.133. The van der Waals surface area contributed by atoms with Crippen molar-refractivity contribution in [3.05, 3.63) is 90.9 Å². The number of hydrogen-bond acceptors (Lipinski definition) is 3. The number of fused-ring (bicyclic) bond motifs is 1. The van der Waals surface area contributed by atoms with Crippen molar-refractivity contribution >= 4 is 95.1 Å². The molecule has 11 heteroatoms. The summed E-state index contributed by atoms with van der Waals surface area (Å²) in [5.74, 6) is -2.48. The predicted molar refractivity (Wildman–Crippen MR) is 146 cm³/mol. The number of hydrogen-bond donors (Lipinski definition) is 3. The minimum Gasteiger partial charge on any atom is -0.320 e. The van der Waals surface area contributed by atoms with Crippen LogP contribution in [0.15, 0.2) is 69.6 Å². The number of aromatic nitrogens is 1. The van der Waals surface area contributed by atoms with E-state index in [1.54, 1.807) is 42.5 Å². The van der Waals surface area contributed by atoms with Crippen molar-refractivity contribution in [3.8, 4) is 0 Å². The van der Waals surface area contributed by atoms with Gasteiger partial charge in [0.25, 0.3) is 5.91 Å². The van der Waals surface area contributed by atoms with Crippen LogP contribution in [0.3, 0.4) is 0 Å². The Labute approximate surface area is 227 Å². The first-order valence-electron chi connectivity index (χ1n) is 10.1. The lowest BCUT2D eigenvalue weighted by atomic mass is 10.2. The topological polar surface area (TPSA) is 92.2 Å². The van der Waals surface area contributed by atoms with E-state index in [0.29, 0.717) is 21.1 Å². The van der Waals surface area contributed by atoms with Crippen LogP contribution in [0.25, 0.3) is 10.9 Å². The highest BCUT2D eigenvalue weighted by Gasteiger charge is 2.22. The van der Waals surface area contributed by atoms with Gasteiger partial charge in [0, 0.05) is 14.3 Å². The number of aryl methyl sites for hydroxylation is 1. The van der Waals surface area contributed by atoms with Crippen molar-refractivity contribution < 1.29 is 14.4 Å². The molecular weight excluding hydrogens is 623 g/mol. The van der Waals surface area contributed by atoms with Crippen molar-refractivity contribution in [1.29, 1.82) is 0 Å². The van der Waals surface area contributed by atoms with Gasteiger partial charge in [-0.1, -0.05) is 51.3 Å². The van der Waals surface area contributed by atoms with Gasteiger partial charge in [-0.2, -0.15) is 0 Å². The highest BCUT2D eigenvalue weighted by molar-refractivity contribution is 9.10. The fraction of sp³-hybridized carbons (Fsp3) is 0.0417. The van der Waals surface area contributed by atoms with E-state index in [9.17, 15) is 14.4 Å². The van der Waals surface area contributed by atoms with Gasteiger partial charge in [-0.25, -0.2) is 4.68 Å². The second-order valence-corrected chi connectivity index (χ2v) is 10.1. The van der Waals surface area contributed by atoms with E-state index in [-0.39, 0.29) is 21.4 Å². The molecule has 0 bridgehead atoms. The first-order chi connectivity index (χ1) is 16.6. The van der Waals surface area contributed by atoms with Gasteiger partial charge in [-0.15, -0.1) is 0 Å². The maximum Gasteiger partial charge on any atom is 0.328 e. The summed E-state index contributed by atoms with van der Waals surface area (Å²) < 4.78 is 2.76. The molecule has 0 aliphatic heterocycles. The number of benzene rings is 3. The average Bonchev–Trinajstić information content (AvgIpc) is 3.16. The van der Waals surface area contributed by atoms with E-state index >= 15 is 0 Å². The molecule has 0 spiro atoms. The Hall–Kier alpha value is -2.85. The number of rotatable bonds is 4. The van der Waals surface area contributed by atoms with Crippen molar-refractivity contribution in [2.75, 3.05) is 16.1 Å². The van der Waals surface area contributed by atoms with Crippen LogP contribution in [0.5, 0.6) is 0 Å². The van der Waals surface area contributed by atoms with E-state index in [1.807, 2.05) is 19.1 Å². The maximum absolute atomic E-state index is 13.2. The minimum atomic E-state index is -1.01. The van der Waals surface area contributed by atoms with Crippen LogP contribution in [0, 0.1) is 6.92 Å². The standard InChI is InChI=1S/C24H16Br2Cl2N4O3/c1-12-5-7-17(15(26)9-12)29-22(33)20-11-13-10-14(25)6-8-19(13)32(20)31-24(35)23(34)30-18-4-2-3-16(27)21(18)28/h2-11H,1H3,(H,29,33)(H,30,34)(H,31,35). The van der Waals surface area contributed by atoms with E-state index in [0.717, 1.165) is 10.0 Å². The first-order valence-corrected chi connectivity index (χ1v) is 12.4. The Morgan fingerprint density at radius 3 is 2.37 bits per heavy atom. The average molecular weight is 639 g/mol. The smallest absolute Gasteiger partial charge is 0.320 e. The van der Waals surface area contributed by atoms with Crippen LogP contribution < -0.4 is 16.1 Å². The molecule has 0 saturated heterocycles. The van der Waals surface area contributed by atoms with Crippen molar-refractivity contribution in [2.24, 2.45) is 0 Å². The Bertz CT molecular complexity index is 1500. The van der Waals surface area contributed by atoms with Crippen LogP contribution in [0.4, 0.5) is 11.4 Å². The first kappa shape index (κ1) is 25.2. The van der Waals surface area contributed by atoms with E-state index in [2.05, 4.69) is 47.9 Å². The number of amides is 3. The Balaban J connectivity index is 1.65. The Morgan fingerprint density at radius 1 is 0.857 bits per heavy atom. The number of carbonyl (C=O) groups excluding carboxylic acids is 3. The summed E-state index contributed by atoms with van der Waals surface area (Å²) in [6, 6.07) is 17.0. The molecule has 7 nitrogen and oxygen atoms in total. The number of nitrogens with zero attached hydrogens (tertiary/aromatic N) is 1. The molecule has 0 saturated carbocycles. The van der Waals surface area contributed by atoms with Crippen LogP contribution >= 0.6 is 55.1 Å². The number of carbonyl (C=O) groups is 3. The van der Waals surface area contributed by atoms with Gasteiger partial charge in [0.2, 0.25) is 0 Å². The highest BCUT2D eigenvalue weighted by atomic mass is 79.9. The molecule has 3 amide bonds. The van der Waals surface area contributed by atoms with Gasteiger partial charge in [0.1, 0.15) is 5.69 Å². The molecule has 4 aromatic rings. The summed E-state index contributed by atoms with van der Waals surface area (Å²) in [5, 5.41) is 6.26. The fourth-order valence-electron chi connectivity index (χ4n) is 3.31. The third-order valence-corrected chi connectivity index (χ3v) is 6.96. The molecule has 3 N–H and O–H groups in total. The second-order valence-electron chi connectivity index (χ2n) is 7.50. The summed E-state index contributed by atoms with van der Waals surface area (Å²) in [7, 11) is 0. The maximum atomic E-state index is 13.2. The van der Waals surface area contributed by atoms with Crippen LogP contribution in [0.1, 0.15) is 16.1 Å². The fourth-order valence-corrected chi connectivity index (χ4v) is 4.63. The van der Waals surface area contributed by atoms with Gasteiger partial charge in [0.05, 0.1) is 26.9 Å². The van der Waals surface area contributed by atoms with E-state index in [1.165, 1.54) is 10.7 Å². The lowest BCUT2D eigenvalue weighted by Crippen LogP contribution is -2.36. The highest BCUT2D eigenvalue weighted by Crippen LogP contribution is 2.30. The second kappa shape index (κ2) is 10.4. The van der Waals surface area contributed by atoms with Gasteiger partial charge < -0.3 is 10.6 Å². The molecule has 3 aromatic carbocycles. The van der Waals surface area contributed by atoms with Crippen molar-refractivity contribution in [1.82, 2.24) is 4.68 Å². The molecule has 0 fully saturated rings. The molecule has 0 aliphatic carbocycles. The summed E-state index contributed by atoms with van der Waals surface area (Å²) >= 11 is 18.9. The molecule has 0 unspecified atom stereocenters. The van der Waals surface area contributed by atoms with Gasteiger partial charge in [-0.05, 0) is 76.9 Å². The van der Waals surface area contributed by atoms with Gasteiger partial charge in [-0.3, -0.25) is 19.8 Å². The predicted octanol–water partition coefficient (Wildman–Crippen LogP) is 6.74. The van der Waals surface area contributed by atoms with E-state index in [4.69, 9.17) is 23.2 Å². The van der Waals surface area contributed by atoms with Gasteiger partial charge in [0.15, 0.2) is 0 Å². The van der Waals surface area contributed by atoms with Crippen LogP contribution in [-0.4, -0.2) is 22.4 Å². The molecule has 4 rings (SSSR count). The van der Waals surface area contributed by atoms with Crippen LogP contribution in [-0.2, 0) is 9.59 Å². The molecule has 178 valence electrons.